The highest BCUT2D eigenvalue weighted by Gasteiger charge is 2.41. The molecule has 0 aliphatic carbocycles. The summed E-state index contributed by atoms with van der Waals surface area (Å²) in [7, 11) is 0. The summed E-state index contributed by atoms with van der Waals surface area (Å²) >= 11 is 0. The van der Waals surface area contributed by atoms with Gasteiger partial charge in [-0.2, -0.15) is 0 Å². The molecule has 3 N–H and O–H groups in total. The molecule has 0 radical (unpaired) electrons. The van der Waals surface area contributed by atoms with E-state index in [-0.39, 0.29) is 31.7 Å². The molecule has 1 aliphatic heterocycles. The fourth-order valence-corrected chi connectivity index (χ4v) is 2.08. The van der Waals surface area contributed by atoms with Crippen LogP contribution in [0.5, 0.6) is 0 Å². The average Bonchev–Trinajstić information content (AvgIpc) is 2.43. The lowest BCUT2D eigenvalue weighted by Gasteiger charge is -2.33. The minimum Gasteiger partial charge on any atom is -0.480 e. The number of ether oxygens (including phenoxy) is 1. The van der Waals surface area contributed by atoms with Gasteiger partial charge in [-0.1, -0.05) is 0 Å². The normalized spacial score (nSPS) is 17.0. The number of hydrogen-bond donors (Lipinski definition) is 3. The van der Waals surface area contributed by atoms with Gasteiger partial charge < -0.3 is 20.5 Å². The van der Waals surface area contributed by atoms with Crippen molar-refractivity contribution >= 4 is 17.7 Å². The van der Waals surface area contributed by atoms with Gasteiger partial charge in [-0.05, 0) is 12.1 Å². The van der Waals surface area contributed by atoms with Crippen LogP contribution in [0.25, 0.3) is 0 Å². The first-order valence-corrected chi connectivity index (χ1v) is 6.28. The van der Waals surface area contributed by atoms with Crippen LogP contribution in [0.3, 0.4) is 0 Å². The highest BCUT2D eigenvalue weighted by Crippen LogP contribution is 2.22. The first kappa shape index (κ1) is 15.2. The molecule has 1 aromatic rings. The Labute approximate surface area is 119 Å². The quantitative estimate of drug-likeness (QED) is 0.793. The van der Waals surface area contributed by atoms with Crippen LogP contribution in [-0.2, 0) is 9.53 Å². The van der Waals surface area contributed by atoms with Gasteiger partial charge in [-0.25, -0.2) is 18.4 Å². The van der Waals surface area contributed by atoms with Crippen LogP contribution in [0.2, 0.25) is 0 Å². The van der Waals surface area contributed by atoms with E-state index in [1.807, 2.05) is 0 Å². The van der Waals surface area contributed by atoms with Crippen molar-refractivity contribution in [1.82, 2.24) is 5.32 Å². The molecule has 8 heteroatoms. The van der Waals surface area contributed by atoms with Crippen LogP contribution in [0.15, 0.2) is 18.2 Å². The van der Waals surface area contributed by atoms with Gasteiger partial charge in [-0.15, -0.1) is 0 Å². The summed E-state index contributed by atoms with van der Waals surface area (Å²) in [6.45, 7) is 0.391. The van der Waals surface area contributed by atoms with Gasteiger partial charge in [0.25, 0.3) is 0 Å². The van der Waals surface area contributed by atoms with Gasteiger partial charge in [0.05, 0.1) is 5.69 Å². The van der Waals surface area contributed by atoms with Crippen molar-refractivity contribution in [1.29, 1.82) is 0 Å². The zero-order valence-electron chi connectivity index (χ0n) is 11.0. The van der Waals surface area contributed by atoms with Crippen LogP contribution < -0.4 is 10.6 Å². The Morgan fingerprint density at radius 2 is 1.90 bits per heavy atom. The van der Waals surface area contributed by atoms with Crippen LogP contribution in [-0.4, -0.2) is 35.9 Å². The molecule has 0 atom stereocenters. The van der Waals surface area contributed by atoms with E-state index in [1.165, 1.54) is 0 Å². The van der Waals surface area contributed by atoms with Gasteiger partial charge >= 0.3 is 12.0 Å². The minimum absolute atomic E-state index is 0.0986. The van der Waals surface area contributed by atoms with Crippen LogP contribution in [0, 0.1) is 11.6 Å². The fourth-order valence-electron chi connectivity index (χ4n) is 2.08. The summed E-state index contributed by atoms with van der Waals surface area (Å²) < 4.78 is 31.5. The molecule has 2 amide bonds. The summed E-state index contributed by atoms with van der Waals surface area (Å²) in [4.78, 5) is 23.2. The molecule has 21 heavy (non-hydrogen) atoms. The summed E-state index contributed by atoms with van der Waals surface area (Å²) in [6, 6.07) is 1.68. The second kappa shape index (κ2) is 6.04. The van der Waals surface area contributed by atoms with Crippen molar-refractivity contribution in [3.8, 4) is 0 Å². The number of anilines is 1. The zero-order chi connectivity index (χ0) is 15.5. The van der Waals surface area contributed by atoms with E-state index in [4.69, 9.17) is 4.74 Å². The number of carboxylic acids is 1. The van der Waals surface area contributed by atoms with Crippen molar-refractivity contribution in [3.05, 3.63) is 29.8 Å². The number of rotatable bonds is 3. The number of halogens is 2. The molecule has 0 unspecified atom stereocenters. The molecule has 1 fully saturated rings. The third kappa shape index (κ3) is 3.46. The molecule has 1 aliphatic rings. The Hall–Kier alpha value is -2.22. The number of benzene rings is 1. The largest absolute Gasteiger partial charge is 0.480 e. The third-order valence-corrected chi connectivity index (χ3v) is 3.29. The number of carbonyl (C=O) groups is 2. The van der Waals surface area contributed by atoms with Gasteiger partial charge in [0.2, 0.25) is 0 Å². The maximum atomic E-state index is 13.4. The highest BCUT2D eigenvalue weighted by atomic mass is 19.1. The first-order valence-electron chi connectivity index (χ1n) is 6.28. The Morgan fingerprint density at radius 1 is 1.24 bits per heavy atom. The van der Waals surface area contributed by atoms with Gasteiger partial charge in [-0.3, -0.25) is 0 Å². The Bertz CT molecular complexity index is 559. The molecule has 1 saturated heterocycles. The predicted octanol–water partition coefficient (Wildman–Crippen LogP) is 1.72. The fraction of sp³-hybridized carbons (Fsp3) is 0.385. The first-order chi connectivity index (χ1) is 9.93. The smallest absolute Gasteiger partial charge is 0.329 e. The maximum Gasteiger partial charge on any atom is 0.329 e. The molecule has 0 aromatic heterocycles. The Morgan fingerprint density at radius 3 is 2.52 bits per heavy atom. The number of carboxylic acid groups (broad SMARTS) is 1. The van der Waals surface area contributed by atoms with Crippen molar-refractivity contribution in [2.45, 2.75) is 18.4 Å². The standard InChI is InChI=1S/C13H14F2N2O4/c14-8-1-2-9(15)10(7-8)16-12(20)17-13(11(18)19)3-5-21-6-4-13/h1-2,7H,3-6H2,(H,18,19)(H2,16,17,20). The lowest BCUT2D eigenvalue weighted by atomic mass is 9.90. The molecule has 1 aromatic carbocycles. The number of hydrogen-bond acceptors (Lipinski definition) is 3. The van der Waals surface area contributed by atoms with E-state index in [9.17, 15) is 23.5 Å². The number of urea groups is 1. The van der Waals surface area contributed by atoms with E-state index in [1.54, 1.807) is 0 Å². The molecule has 1 heterocycles. The third-order valence-electron chi connectivity index (χ3n) is 3.29. The van der Waals surface area contributed by atoms with Gasteiger partial charge in [0.15, 0.2) is 0 Å². The molecule has 2 rings (SSSR count). The molecule has 114 valence electrons. The average molecular weight is 300 g/mol. The summed E-state index contributed by atoms with van der Waals surface area (Å²) in [5.41, 5.74) is -1.83. The Balaban J connectivity index is 2.09. The maximum absolute atomic E-state index is 13.4. The Kier molecular flexibility index (Phi) is 4.37. The van der Waals surface area contributed by atoms with Crippen molar-refractivity contribution < 1.29 is 28.2 Å². The molecular formula is C13H14F2N2O4. The predicted molar refractivity (Wildman–Crippen MR) is 68.9 cm³/mol. The van der Waals surface area contributed by atoms with Crippen molar-refractivity contribution in [2.75, 3.05) is 18.5 Å². The van der Waals surface area contributed by atoms with Crippen molar-refractivity contribution in [2.24, 2.45) is 0 Å². The zero-order valence-corrected chi connectivity index (χ0v) is 11.0. The van der Waals surface area contributed by atoms with Crippen LogP contribution in [0.4, 0.5) is 19.3 Å². The molecule has 0 bridgehead atoms. The molecule has 0 saturated carbocycles. The monoisotopic (exact) mass is 300 g/mol. The molecule has 6 nitrogen and oxygen atoms in total. The summed E-state index contributed by atoms with van der Waals surface area (Å²) in [5, 5.41) is 13.7. The minimum atomic E-state index is -1.47. The number of carbonyl (C=O) groups excluding carboxylic acids is 1. The number of nitrogens with one attached hydrogen (secondary N) is 2. The topological polar surface area (TPSA) is 87.7 Å². The second-order valence-electron chi connectivity index (χ2n) is 4.70. The van der Waals surface area contributed by atoms with Crippen LogP contribution >= 0.6 is 0 Å². The molecular weight excluding hydrogens is 286 g/mol. The number of aliphatic carboxylic acids is 1. The lowest BCUT2D eigenvalue weighted by molar-refractivity contribution is -0.148. The second-order valence-corrected chi connectivity index (χ2v) is 4.70. The van der Waals surface area contributed by atoms with E-state index < -0.39 is 29.2 Å². The lowest BCUT2D eigenvalue weighted by Crippen LogP contribution is -2.58. The van der Waals surface area contributed by atoms with E-state index in [2.05, 4.69) is 10.6 Å². The van der Waals surface area contributed by atoms with E-state index in [0.717, 1.165) is 18.2 Å². The van der Waals surface area contributed by atoms with Crippen LogP contribution in [0.1, 0.15) is 12.8 Å². The van der Waals surface area contributed by atoms with Crippen molar-refractivity contribution in [3.63, 3.8) is 0 Å². The van der Waals surface area contributed by atoms with E-state index >= 15 is 0 Å². The van der Waals surface area contributed by atoms with Gasteiger partial charge in [0, 0.05) is 32.1 Å². The van der Waals surface area contributed by atoms with E-state index in [0.29, 0.717) is 0 Å². The highest BCUT2D eigenvalue weighted by molar-refractivity contribution is 5.94. The van der Waals surface area contributed by atoms with Gasteiger partial charge in [0.1, 0.15) is 17.2 Å². The SMILES string of the molecule is O=C(Nc1cc(F)ccc1F)NC1(C(=O)O)CCOCC1. The number of amides is 2. The molecule has 0 spiro atoms. The summed E-state index contributed by atoms with van der Waals surface area (Å²) in [6.07, 6.45) is 0.197. The summed E-state index contributed by atoms with van der Waals surface area (Å²) in [5.74, 6) is -2.73.